The molecule has 0 saturated heterocycles. The van der Waals surface area contributed by atoms with Crippen LogP contribution < -0.4 is 10.1 Å². The average molecular weight is 374 g/mol. The lowest BCUT2D eigenvalue weighted by Crippen LogP contribution is -2.21. The number of hydrogen-bond acceptors (Lipinski definition) is 4. The SMILES string of the molecule is CCNC(c1cncc(OC)c1)c1csc(I)c1. The minimum Gasteiger partial charge on any atom is -0.495 e. The summed E-state index contributed by atoms with van der Waals surface area (Å²) < 4.78 is 6.53. The van der Waals surface area contributed by atoms with Crippen molar-refractivity contribution >= 4 is 33.9 Å². The van der Waals surface area contributed by atoms with Crippen LogP contribution in [0.3, 0.4) is 0 Å². The van der Waals surface area contributed by atoms with E-state index in [-0.39, 0.29) is 6.04 Å². The average Bonchev–Trinajstić information content (AvgIpc) is 2.82. The molecule has 0 spiro atoms. The Morgan fingerprint density at radius 2 is 2.22 bits per heavy atom. The third-order valence-electron chi connectivity index (χ3n) is 2.63. The molecule has 1 unspecified atom stereocenters. The van der Waals surface area contributed by atoms with Gasteiger partial charge in [0, 0.05) is 6.20 Å². The van der Waals surface area contributed by atoms with Crippen molar-refractivity contribution in [3.63, 3.8) is 0 Å². The lowest BCUT2D eigenvalue weighted by Gasteiger charge is -2.17. The van der Waals surface area contributed by atoms with Crippen LogP contribution in [0.5, 0.6) is 5.75 Å². The fourth-order valence-corrected chi connectivity index (χ4v) is 3.21. The molecule has 2 rings (SSSR count). The molecular weight excluding hydrogens is 359 g/mol. The lowest BCUT2D eigenvalue weighted by molar-refractivity contribution is 0.411. The van der Waals surface area contributed by atoms with Gasteiger partial charge >= 0.3 is 0 Å². The molecule has 1 N–H and O–H groups in total. The minimum atomic E-state index is 0.178. The molecule has 5 heteroatoms. The molecule has 3 nitrogen and oxygen atoms in total. The van der Waals surface area contributed by atoms with Crippen LogP contribution >= 0.6 is 33.9 Å². The summed E-state index contributed by atoms with van der Waals surface area (Å²) in [6.07, 6.45) is 3.62. The van der Waals surface area contributed by atoms with E-state index in [1.54, 1.807) is 24.6 Å². The standard InChI is InChI=1S/C13H15IN2OS/c1-3-16-13(10-5-12(14)18-8-10)9-4-11(17-2)7-15-6-9/h4-8,13,16H,3H2,1-2H3. The van der Waals surface area contributed by atoms with E-state index in [9.17, 15) is 0 Å². The molecule has 0 aliphatic carbocycles. The van der Waals surface area contributed by atoms with E-state index in [4.69, 9.17) is 4.74 Å². The van der Waals surface area contributed by atoms with Gasteiger partial charge in [0.05, 0.1) is 22.2 Å². The van der Waals surface area contributed by atoms with Gasteiger partial charge in [-0.2, -0.15) is 0 Å². The number of halogens is 1. The summed E-state index contributed by atoms with van der Waals surface area (Å²) >= 11 is 4.10. The number of methoxy groups -OCH3 is 1. The van der Waals surface area contributed by atoms with E-state index in [1.807, 2.05) is 12.3 Å². The number of nitrogens with one attached hydrogen (secondary N) is 1. The van der Waals surface area contributed by atoms with Crippen LogP contribution in [0.1, 0.15) is 24.1 Å². The van der Waals surface area contributed by atoms with Gasteiger partial charge < -0.3 is 10.1 Å². The first-order valence-corrected chi connectivity index (χ1v) is 7.66. The number of rotatable bonds is 5. The molecule has 18 heavy (non-hydrogen) atoms. The second-order valence-electron chi connectivity index (χ2n) is 3.83. The predicted octanol–water partition coefficient (Wildman–Crippen LogP) is 3.46. The number of thiophene rings is 1. The third kappa shape index (κ3) is 3.21. The van der Waals surface area contributed by atoms with Crippen LogP contribution in [-0.2, 0) is 0 Å². The van der Waals surface area contributed by atoms with Crippen molar-refractivity contribution in [3.05, 3.63) is 43.9 Å². The highest BCUT2D eigenvalue weighted by Crippen LogP contribution is 2.28. The summed E-state index contributed by atoms with van der Waals surface area (Å²) in [4.78, 5) is 4.23. The molecule has 1 atom stereocenters. The van der Waals surface area contributed by atoms with Crippen molar-refractivity contribution in [1.82, 2.24) is 10.3 Å². The second kappa shape index (κ2) is 6.49. The van der Waals surface area contributed by atoms with Crippen molar-refractivity contribution in [3.8, 4) is 5.75 Å². The first kappa shape index (κ1) is 13.8. The zero-order valence-electron chi connectivity index (χ0n) is 10.3. The monoisotopic (exact) mass is 374 g/mol. The topological polar surface area (TPSA) is 34.2 Å². The van der Waals surface area contributed by atoms with Gasteiger partial charge in [-0.25, -0.2) is 0 Å². The highest BCUT2D eigenvalue weighted by molar-refractivity contribution is 14.1. The van der Waals surface area contributed by atoms with Crippen LogP contribution in [0.15, 0.2) is 29.9 Å². The summed E-state index contributed by atoms with van der Waals surface area (Å²) in [7, 11) is 1.66. The van der Waals surface area contributed by atoms with Crippen molar-refractivity contribution in [2.24, 2.45) is 0 Å². The Balaban J connectivity index is 2.34. The normalized spacial score (nSPS) is 12.4. The van der Waals surface area contributed by atoms with Crippen LogP contribution in [0.25, 0.3) is 0 Å². The highest BCUT2D eigenvalue weighted by Gasteiger charge is 2.15. The maximum atomic E-state index is 5.24. The molecule has 0 radical (unpaired) electrons. The molecule has 0 aliphatic heterocycles. The summed E-state index contributed by atoms with van der Waals surface area (Å²) in [6.45, 7) is 3.02. The Morgan fingerprint density at radius 3 is 2.83 bits per heavy atom. The number of pyridine rings is 1. The van der Waals surface area contributed by atoms with E-state index in [1.165, 1.54) is 8.45 Å². The largest absolute Gasteiger partial charge is 0.495 e. The summed E-state index contributed by atoms with van der Waals surface area (Å²) in [6, 6.07) is 4.42. The molecule has 2 aromatic heterocycles. The molecule has 96 valence electrons. The van der Waals surface area contributed by atoms with Gasteiger partial charge in [-0.15, -0.1) is 11.3 Å². The van der Waals surface area contributed by atoms with Gasteiger partial charge in [-0.05, 0) is 57.8 Å². The van der Waals surface area contributed by atoms with Crippen molar-refractivity contribution in [1.29, 1.82) is 0 Å². The fraction of sp³-hybridized carbons (Fsp3) is 0.308. The molecule has 2 heterocycles. The number of nitrogens with zero attached hydrogens (tertiary/aromatic N) is 1. The summed E-state index contributed by atoms with van der Waals surface area (Å²) in [5.41, 5.74) is 2.41. The molecule has 0 fully saturated rings. The number of aromatic nitrogens is 1. The second-order valence-corrected chi connectivity index (χ2v) is 6.64. The van der Waals surface area contributed by atoms with Gasteiger partial charge in [0.25, 0.3) is 0 Å². The number of hydrogen-bond donors (Lipinski definition) is 1. The Hall–Kier alpha value is -0.660. The predicted molar refractivity (Wildman–Crippen MR) is 83.3 cm³/mol. The zero-order chi connectivity index (χ0) is 13.0. The van der Waals surface area contributed by atoms with Crippen LogP contribution in [0.2, 0.25) is 0 Å². The Bertz CT molecular complexity index is 515. The maximum Gasteiger partial charge on any atom is 0.137 e. The fourth-order valence-electron chi connectivity index (χ4n) is 1.81. The molecule has 0 bridgehead atoms. The van der Waals surface area contributed by atoms with E-state index in [0.717, 1.165) is 17.9 Å². The van der Waals surface area contributed by atoms with E-state index < -0.39 is 0 Å². The number of ether oxygens (including phenoxy) is 1. The van der Waals surface area contributed by atoms with E-state index in [0.29, 0.717) is 0 Å². The first-order valence-electron chi connectivity index (χ1n) is 5.70. The van der Waals surface area contributed by atoms with Gasteiger partial charge in [0.1, 0.15) is 5.75 Å². The molecule has 0 saturated carbocycles. The molecular formula is C13H15IN2OS. The molecule has 2 aromatic rings. The maximum absolute atomic E-state index is 5.24. The summed E-state index contributed by atoms with van der Waals surface area (Å²) in [5, 5.41) is 5.68. The van der Waals surface area contributed by atoms with Crippen LogP contribution in [0, 0.1) is 2.88 Å². The van der Waals surface area contributed by atoms with Crippen molar-refractivity contribution < 1.29 is 4.74 Å². The van der Waals surface area contributed by atoms with Gasteiger partial charge in [-0.3, -0.25) is 4.98 Å². The quantitative estimate of drug-likeness (QED) is 0.815. The van der Waals surface area contributed by atoms with Crippen LogP contribution in [-0.4, -0.2) is 18.6 Å². The smallest absolute Gasteiger partial charge is 0.137 e. The Morgan fingerprint density at radius 1 is 1.39 bits per heavy atom. The highest BCUT2D eigenvalue weighted by atomic mass is 127. The van der Waals surface area contributed by atoms with Gasteiger partial charge in [-0.1, -0.05) is 6.92 Å². The third-order valence-corrected chi connectivity index (χ3v) is 4.44. The Labute approximate surface area is 125 Å². The van der Waals surface area contributed by atoms with E-state index in [2.05, 4.69) is 51.3 Å². The summed E-state index contributed by atoms with van der Waals surface area (Å²) in [5.74, 6) is 0.792. The minimum absolute atomic E-state index is 0.178. The van der Waals surface area contributed by atoms with Gasteiger partial charge in [0.2, 0.25) is 0 Å². The van der Waals surface area contributed by atoms with Crippen molar-refractivity contribution in [2.75, 3.05) is 13.7 Å². The van der Waals surface area contributed by atoms with Crippen LogP contribution in [0.4, 0.5) is 0 Å². The Kier molecular flexibility index (Phi) is 4.96. The zero-order valence-corrected chi connectivity index (χ0v) is 13.3. The van der Waals surface area contributed by atoms with E-state index >= 15 is 0 Å². The first-order chi connectivity index (χ1) is 8.74. The van der Waals surface area contributed by atoms with Crippen molar-refractivity contribution in [2.45, 2.75) is 13.0 Å². The van der Waals surface area contributed by atoms with Gasteiger partial charge in [0.15, 0.2) is 0 Å². The lowest BCUT2D eigenvalue weighted by atomic mass is 10.0. The molecule has 0 aromatic carbocycles. The molecule has 0 amide bonds. The molecule has 0 aliphatic rings.